The van der Waals surface area contributed by atoms with Crippen molar-refractivity contribution >= 4 is 28.4 Å². The molecule has 3 aliphatic rings. The number of benzene rings is 1. The lowest BCUT2D eigenvalue weighted by molar-refractivity contribution is -0.134. The summed E-state index contributed by atoms with van der Waals surface area (Å²) in [6.07, 6.45) is 6.71. The van der Waals surface area contributed by atoms with Crippen molar-refractivity contribution in [2.45, 2.75) is 12.5 Å². The Bertz CT molecular complexity index is 1280. The average molecular weight is 475 g/mol. The number of aromatic hydroxyl groups is 1. The molecule has 2 bridgehead atoms. The molecule has 0 radical (unpaired) electrons. The van der Waals surface area contributed by atoms with Gasteiger partial charge in [0.1, 0.15) is 17.0 Å². The van der Waals surface area contributed by atoms with Crippen LogP contribution in [0.1, 0.15) is 6.42 Å². The molecule has 9 heteroatoms. The van der Waals surface area contributed by atoms with E-state index in [-0.39, 0.29) is 35.5 Å². The molecule has 2 fully saturated rings. The third-order valence-corrected chi connectivity index (χ3v) is 7.51. The number of rotatable bonds is 5. The normalized spacial score (nSPS) is 25.4. The van der Waals surface area contributed by atoms with Gasteiger partial charge in [0.25, 0.3) is 0 Å². The van der Waals surface area contributed by atoms with Crippen molar-refractivity contribution in [3.63, 3.8) is 0 Å². The van der Waals surface area contributed by atoms with Gasteiger partial charge < -0.3 is 29.9 Å². The van der Waals surface area contributed by atoms with E-state index < -0.39 is 0 Å². The molecule has 3 heterocycles. The summed E-state index contributed by atoms with van der Waals surface area (Å²) in [6.45, 7) is 3.26. The molecule has 1 amide bonds. The number of aromatic amines is 1. The van der Waals surface area contributed by atoms with Crippen LogP contribution >= 0.6 is 0 Å². The molecule has 1 aliphatic heterocycles. The summed E-state index contributed by atoms with van der Waals surface area (Å²) in [7, 11) is 3.59. The minimum absolute atomic E-state index is 0.0400. The Labute approximate surface area is 203 Å². The summed E-state index contributed by atoms with van der Waals surface area (Å²) in [5.41, 5.74) is 3.80. The van der Waals surface area contributed by atoms with Gasteiger partial charge in [-0.1, -0.05) is 12.2 Å². The number of pyridine rings is 1. The van der Waals surface area contributed by atoms with E-state index in [1.807, 2.05) is 12.1 Å². The van der Waals surface area contributed by atoms with Crippen LogP contribution in [0.3, 0.4) is 0 Å². The van der Waals surface area contributed by atoms with Crippen LogP contribution in [0, 0.1) is 17.8 Å². The molecule has 2 aliphatic carbocycles. The van der Waals surface area contributed by atoms with Crippen LogP contribution in [0.4, 0.5) is 11.4 Å². The average Bonchev–Trinajstić information content (AvgIpc) is 3.61. The fourth-order valence-electron chi connectivity index (χ4n) is 5.70. The van der Waals surface area contributed by atoms with Gasteiger partial charge in [-0.05, 0) is 42.5 Å². The standard InChI is InChI=1S/C26H30N6O3/c1-31(2)26(34)20-16-3-4-17(13-16)21(20)28-22-19(33)14-27-25-23(22)29-24(30-25)15-5-7-18(8-6-15)32-9-11-35-12-10-32/h3-8,14,16-17,20-21,33H,9-13H2,1-2H3,(H2,27,28,29,30)/t16-,17+,20+,21?/m1/s1. The monoisotopic (exact) mass is 474 g/mol. The molecule has 1 saturated heterocycles. The van der Waals surface area contributed by atoms with E-state index >= 15 is 0 Å². The second-order valence-corrected chi connectivity index (χ2v) is 9.83. The first-order valence-corrected chi connectivity index (χ1v) is 12.2. The Morgan fingerprint density at radius 2 is 1.91 bits per heavy atom. The minimum atomic E-state index is -0.169. The molecule has 1 saturated carbocycles. The first kappa shape index (κ1) is 21.9. The molecule has 6 rings (SSSR count). The van der Waals surface area contributed by atoms with Gasteiger partial charge in [-0.2, -0.15) is 0 Å². The number of nitrogens with one attached hydrogen (secondary N) is 2. The van der Waals surface area contributed by atoms with Gasteiger partial charge in [0.2, 0.25) is 5.91 Å². The summed E-state index contributed by atoms with van der Waals surface area (Å²) >= 11 is 0. The maximum atomic E-state index is 13.0. The Morgan fingerprint density at radius 3 is 2.66 bits per heavy atom. The number of amides is 1. The van der Waals surface area contributed by atoms with Crippen molar-refractivity contribution in [3.8, 4) is 17.1 Å². The second kappa shape index (κ2) is 8.57. The first-order chi connectivity index (χ1) is 17.0. The van der Waals surface area contributed by atoms with E-state index in [2.05, 4.69) is 44.5 Å². The molecule has 2 aromatic heterocycles. The fourth-order valence-corrected chi connectivity index (χ4v) is 5.70. The molecule has 3 aromatic rings. The topological polar surface area (TPSA) is 107 Å². The van der Waals surface area contributed by atoms with Crippen molar-refractivity contribution in [3.05, 3.63) is 42.6 Å². The maximum absolute atomic E-state index is 13.0. The second-order valence-electron chi connectivity index (χ2n) is 9.83. The highest BCUT2D eigenvalue weighted by molar-refractivity contribution is 5.92. The van der Waals surface area contributed by atoms with Gasteiger partial charge in [0, 0.05) is 44.5 Å². The number of ether oxygens (including phenoxy) is 1. The highest BCUT2D eigenvalue weighted by Gasteiger charge is 2.49. The van der Waals surface area contributed by atoms with E-state index in [0.29, 0.717) is 22.7 Å². The lowest BCUT2D eigenvalue weighted by Crippen LogP contribution is -2.43. The molecule has 0 spiro atoms. The summed E-state index contributed by atoms with van der Waals surface area (Å²) in [4.78, 5) is 29.3. The van der Waals surface area contributed by atoms with Crippen molar-refractivity contribution in [2.24, 2.45) is 17.8 Å². The van der Waals surface area contributed by atoms with Crippen LogP contribution in [-0.4, -0.2) is 77.3 Å². The number of allylic oxidation sites excluding steroid dienone is 1. The zero-order valence-corrected chi connectivity index (χ0v) is 19.9. The number of nitrogens with zero attached hydrogens (tertiary/aromatic N) is 4. The number of aromatic nitrogens is 3. The summed E-state index contributed by atoms with van der Waals surface area (Å²) < 4.78 is 5.45. The molecule has 3 N–H and O–H groups in total. The van der Waals surface area contributed by atoms with E-state index in [9.17, 15) is 9.90 Å². The van der Waals surface area contributed by atoms with Crippen LogP contribution in [0.2, 0.25) is 0 Å². The molecule has 1 unspecified atom stereocenters. The summed E-state index contributed by atoms with van der Waals surface area (Å²) in [6, 6.07) is 8.17. The first-order valence-electron chi connectivity index (χ1n) is 12.2. The number of H-pyrrole nitrogens is 1. The quantitative estimate of drug-likeness (QED) is 0.488. The van der Waals surface area contributed by atoms with Gasteiger partial charge >= 0.3 is 0 Å². The maximum Gasteiger partial charge on any atom is 0.227 e. The van der Waals surface area contributed by atoms with E-state index in [0.717, 1.165) is 44.0 Å². The smallest absolute Gasteiger partial charge is 0.227 e. The third-order valence-electron chi connectivity index (χ3n) is 7.51. The number of carbonyl (C=O) groups excluding carboxylic acids is 1. The van der Waals surface area contributed by atoms with E-state index in [4.69, 9.17) is 9.72 Å². The Hall–Kier alpha value is -3.59. The molecular formula is C26H30N6O3. The Balaban J connectivity index is 1.31. The molecule has 4 atom stereocenters. The van der Waals surface area contributed by atoms with Crippen LogP contribution in [-0.2, 0) is 9.53 Å². The summed E-state index contributed by atoms with van der Waals surface area (Å²) in [5.74, 6) is 1.12. The van der Waals surface area contributed by atoms with Crippen LogP contribution in [0.25, 0.3) is 22.6 Å². The van der Waals surface area contributed by atoms with Gasteiger partial charge in [-0.15, -0.1) is 0 Å². The number of fused-ring (bicyclic) bond motifs is 3. The molecule has 9 nitrogen and oxygen atoms in total. The Morgan fingerprint density at radius 1 is 1.17 bits per heavy atom. The van der Waals surface area contributed by atoms with Gasteiger partial charge in [0.05, 0.1) is 25.3 Å². The van der Waals surface area contributed by atoms with E-state index in [1.165, 1.54) is 6.20 Å². The lowest BCUT2D eigenvalue weighted by atomic mass is 9.87. The van der Waals surface area contributed by atoms with Crippen molar-refractivity contribution in [1.29, 1.82) is 0 Å². The Kier molecular flexibility index (Phi) is 5.36. The number of anilines is 2. The highest BCUT2D eigenvalue weighted by Crippen LogP contribution is 2.47. The third kappa shape index (κ3) is 3.80. The number of hydrogen-bond donors (Lipinski definition) is 3. The van der Waals surface area contributed by atoms with Crippen molar-refractivity contribution < 1.29 is 14.6 Å². The van der Waals surface area contributed by atoms with Crippen molar-refractivity contribution in [1.82, 2.24) is 19.9 Å². The zero-order chi connectivity index (χ0) is 24.1. The largest absolute Gasteiger partial charge is 0.504 e. The van der Waals surface area contributed by atoms with Gasteiger partial charge in [0.15, 0.2) is 11.4 Å². The van der Waals surface area contributed by atoms with Gasteiger partial charge in [-0.25, -0.2) is 9.97 Å². The highest BCUT2D eigenvalue weighted by atomic mass is 16.5. The van der Waals surface area contributed by atoms with Crippen LogP contribution < -0.4 is 10.2 Å². The number of hydrogen-bond acceptors (Lipinski definition) is 7. The SMILES string of the molecule is CN(C)C(=O)[C@@H]1C(Nc2c(O)cnc3nc(-c4ccc(N5CCOCC5)cc4)[nH]c23)[C@H]2C=C[C@@H]1C2. The van der Waals surface area contributed by atoms with Crippen molar-refractivity contribution in [2.75, 3.05) is 50.6 Å². The number of carbonyl (C=O) groups is 1. The van der Waals surface area contributed by atoms with Crippen LogP contribution in [0.5, 0.6) is 5.75 Å². The van der Waals surface area contributed by atoms with Crippen LogP contribution in [0.15, 0.2) is 42.6 Å². The van der Waals surface area contributed by atoms with E-state index in [1.54, 1.807) is 19.0 Å². The predicted octanol–water partition coefficient (Wildman–Crippen LogP) is 2.86. The minimum Gasteiger partial charge on any atom is -0.504 e. The molecular weight excluding hydrogens is 444 g/mol. The lowest BCUT2D eigenvalue weighted by Gasteiger charge is -2.31. The fraction of sp³-hybridized carbons (Fsp3) is 0.423. The molecule has 35 heavy (non-hydrogen) atoms. The molecule has 182 valence electrons. The number of morpholine rings is 1. The summed E-state index contributed by atoms with van der Waals surface area (Å²) in [5, 5.41) is 14.2. The molecule has 1 aromatic carbocycles. The zero-order valence-electron chi connectivity index (χ0n) is 19.9. The number of imidazole rings is 1. The van der Waals surface area contributed by atoms with Gasteiger partial charge in [-0.3, -0.25) is 4.79 Å². The predicted molar refractivity (Wildman–Crippen MR) is 134 cm³/mol.